The van der Waals surface area contributed by atoms with Crippen molar-refractivity contribution in [2.24, 2.45) is 5.73 Å². The molecule has 1 aromatic carbocycles. The largest absolute Gasteiger partial charge is 0.392 e. The topological polar surface area (TPSA) is 72.2 Å². The highest BCUT2D eigenvalue weighted by molar-refractivity contribution is 7.89. The maximum Gasteiger partial charge on any atom is 0.241 e. The number of hydrogen-bond donors (Lipinski definition) is 2. The van der Waals surface area contributed by atoms with Crippen molar-refractivity contribution in [3.63, 3.8) is 0 Å². The molecule has 0 aromatic heterocycles. The van der Waals surface area contributed by atoms with Crippen molar-refractivity contribution in [3.05, 3.63) is 29.8 Å². The Morgan fingerprint density at radius 1 is 1.25 bits per heavy atom. The molecule has 0 spiro atoms. The summed E-state index contributed by atoms with van der Waals surface area (Å²) in [6.07, 6.45) is 4.32. The molecular formula is C14H20N2O2S2. The average molecular weight is 312 g/mol. The van der Waals surface area contributed by atoms with Gasteiger partial charge in [0.05, 0.1) is 15.4 Å². The van der Waals surface area contributed by atoms with Crippen LogP contribution in [-0.2, 0) is 10.0 Å². The Hall–Kier alpha value is -0.980. The Labute approximate surface area is 125 Å². The van der Waals surface area contributed by atoms with Gasteiger partial charge < -0.3 is 5.73 Å². The second kappa shape index (κ2) is 5.79. The Bertz CT molecular complexity index is 605. The van der Waals surface area contributed by atoms with Gasteiger partial charge in [0, 0.05) is 0 Å². The first-order chi connectivity index (χ1) is 9.37. The number of nitrogens with one attached hydrogen (secondary N) is 1. The normalized spacial score (nSPS) is 18.6. The molecule has 0 atom stereocenters. The van der Waals surface area contributed by atoms with Crippen molar-refractivity contribution < 1.29 is 8.42 Å². The molecule has 2 rings (SSSR count). The van der Waals surface area contributed by atoms with Crippen molar-refractivity contribution in [1.82, 2.24) is 4.72 Å². The summed E-state index contributed by atoms with van der Waals surface area (Å²) >= 11 is 5.13. The lowest BCUT2D eigenvalue weighted by molar-refractivity contribution is 0.353. The van der Waals surface area contributed by atoms with Crippen LogP contribution in [0, 0.1) is 6.92 Å². The van der Waals surface area contributed by atoms with Gasteiger partial charge in [0.2, 0.25) is 10.0 Å². The fourth-order valence-electron chi connectivity index (χ4n) is 2.72. The van der Waals surface area contributed by atoms with E-state index in [0.29, 0.717) is 23.3 Å². The molecule has 20 heavy (non-hydrogen) atoms. The molecule has 4 nitrogen and oxygen atoms in total. The number of hydrogen-bond acceptors (Lipinski definition) is 3. The predicted molar refractivity (Wildman–Crippen MR) is 84.1 cm³/mol. The maximum absolute atomic E-state index is 12.6. The van der Waals surface area contributed by atoms with Crippen LogP contribution in [0.25, 0.3) is 0 Å². The predicted octanol–water partition coefficient (Wildman–Crippen LogP) is 2.26. The van der Waals surface area contributed by atoms with Crippen LogP contribution in [0.15, 0.2) is 29.2 Å². The second-order valence-corrected chi connectivity index (χ2v) is 7.47. The Balaban J connectivity index is 2.35. The van der Waals surface area contributed by atoms with E-state index >= 15 is 0 Å². The van der Waals surface area contributed by atoms with Crippen LogP contribution in [0.1, 0.15) is 37.7 Å². The SMILES string of the molecule is Cc1ccccc1S(=O)(=O)NC1(C(N)=S)CCCCC1. The van der Waals surface area contributed by atoms with Gasteiger partial charge in [-0.05, 0) is 31.4 Å². The number of benzene rings is 1. The molecule has 0 heterocycles. The standard InChI is InChI=1S/C14H20N2O2S2/c1-11-7-3-4-8-12(11)20(17,18)16-14(13(15)19)9-5-2-6-10-14/h3-4,7-8,16H,2,5-6,9-10H2,1H3,(H2,15,19). The van der Waals surface area contributed by atoms with Crippen LogP contribution in [0.2, 0.25) is 0 Å². The monoisotopic (exact) mass is 312 g/mol. The first kappa shape index (κ1) is 15.4. The maximum atomic E-state index is 12.6. The molecule has 1 aliphatic rings. The molecule has 6 heteroatoms. The molecule has 0 radical (unpaired) electrons. The van der Waals surface area contributed by atoms with Crippen molar-refractivity contribution in [1.29, 1.82) is 0 Å². The van der Waals surface area contributed by atoms with E-state index in [1.165, 1.54) is 0 Å². The summed E-state index contributed by atoms with van der Waals surface area (Å²) in [5.74, 6) is 0. The Kier molecular flexibility index (Phi) is 4.46. The van der Waals surface area contributed by atoms with Crippen LogP contribution < -0.4 is 10.5 Å². The third-order valence-corrected chi connectivity index (χ3v) is 5.98. The first-order valence-corrected chi connectivity index (χ1v) is 8.66. The molecule has 0 unspecified atom stereocenters. The summed E-state index contributed by atoms with van der Waals surface area (Å²) in [4.78, 5) is 0.538. The van der Waals surface area contributed by atoms with Gasteiger partial charge >= 0.3 is 0 Å². The molecule has 0 amide bonds. The molecule has 1 fully saturated rings. The highest BCUT2D eigenvalue weighted by atomic mass is 32.2. The molecule has 3 N–H and O–H groups in total. The lowest BCUT2D eigenvalue weighted by atomic mass is 9.82. The zero-order chi connectivity index (χ0) is 14.8. The van der Waals surface area contributed by atoms with Crippen molar-refractivity contribution in [2.45, 2.75) is 49.5 Å². The van der Waals surface area contributed by atoms with E-state index in [1.54, 1.807) is 25.1 Å². The average Bonchev–Trinajstić information content (AvgIpc) is 2.39. The smallest absolute Gasteiger partial charge is 0.241 e. The number of sulfonamides is 1. The summed E-state index contributed by atoms with van der Waals surface area (Å²) in [5.41, 5.74) is 5.78. The summed E-state index contributed by atoms with van der Waals surface area (Å²) in [5, 5.41) is 0. The molecular weight excluding hydrogens is 292 g/mol. The lowest BCUT2D eigenvalue weighted by Gasteiger charge is -2.36. The summed E-state index contributed by atoms with van der Waals surface area (Å²) in [7, 11) is -3.61. The quantitative estimate of drug-likeness (QED) is 0.837. The molecule has 0 aliphatic heterocycles. The molecule has 0 saturated heterocycles. The highest BCUT2D eigenvalue weighted by Gasteiger charge is 2.39. The number of aryl methyl sites for hydroxylation is 1. The van der Waals surface area contributed by atoms with Gasteiger partial charge in [0.1, 0.15) is 0 Å². The molecule has 1 aromatic rings. The van der Waals surface area contributed by atoms with Gasteiger partial charge in [0.25, 0.3) is 0 Å². The molecule has 1 saturated carbocycles. The van der Waals surface area contributed by atoms with E-state index < -0.39 is 15.6 Å². The van der Waals surface area contributed by atoms with E-state index in [4.69, 9.17) is 18.0 Å². The summed E-state index contributed by atoms with van der Waals surface area (Å²) in [6.45, 7) is 1.78. The summed E-state index contributed by atoms with van der Waals surface area (Å²) in [6, 6.07) is 6.92. The first-order valence-electron chi connectivity index (χ1n) is 6.77. The Morgan fingerprint density at radius 3 is 2.40 bits per heavy atom. The van der Waals surface area contributed by atoms with Crippen LogP contribution >= 0.6 is 12.2 Å². The fourth-order valence-corrected chi connectivity index (χ4v) is 4.73. The highest BCUT2D eigenvalue weighted by Crippen LogP contribution is 2.30. The van der Waals surface area contributed by atoms with Gasteiger partial charge in [0.15, 0.2) is 0 Å². The van der Waals surface area contributed by atoms with Crippen LogP contribution in [-0.4, -0.2) is 18.9 Å². The van der Waals surface area contributed by atoms with Gasteiger partial charge in [-0.3, -0.25) is 0 Å². The van der Waals surface area contributed by atoms with Crippen molar-refractivity contribution in [3.8, 4) is 0 Å². The van der Waals surface area contributed by atoms with Gasteiger partial charge in [-0.25, -0.2) is 8.42 Å². The van der Waals surface area contributed by atoms with E-state index in [9.17, 15) is 8.42 Å². The Morgan fingerprint density at radius 2 is 1.85 bits per heavy atom. The van der Waals surface area contributed by atoms with E-state index in [1.807, 2.05) is 6.07 Å². The minimum Gasteiger partial charge on any atom is -0.392 e. The van der Waals surface area contributed by atoms with Crippen LogP contribution in [0.4, 0.5) is 0 Å². The third kappa shape index (κ3) is 3.02. The second-order valence-electron chi connectivity index (χ2n) is 5.38. The zero-order valence-corrected chi connectivity index (χ0v) is 13.2. The third-order valence-electron chi connectivity index (χ3n) is 3.89. The van der Waals surface area contributed by atoms with Gasteiger partial charge in [-0.1, -0.05) is 49.7 Å². The van der Waals surface area contributed by atoms with Crippen LogP contribution in [0.5, 0.6) is 0 Å². The molecule has 1 aliphatic carbocycles. The summed E-state index contributed by atoms with van der Waals surface area (Å²) < 4.78 is 28.0. The number of nitrogens with two attached hydrogens (primary N) is 1. The molecule has 0 bridgehead atoms. The van der Waals surface area contributed by atoms with E-state index in [2.05, 4.69) is 4.72 Å². The zero-order valence-electron chi connectivity index (χ0n) is 11.6. The lowest BCUT2D eigenvalue weighted by Crippen LogP contribution is -2.57. The molecule has 110 valence electrons. The van der Waals surface area contributed by atoms with Crippen molar-refractivity contribution >= 4 is 27.2 Å². The van der Waals surface area contributed by atoms with Crippen molar-refractivity contribution in [2.75, 3.05) is 0 Å². The number of rotatable bonds is 4. The minimum atomic E-state index is -3.61. The minimum absolute atomic E-state index is 0.245. The van der Waals surface area contributed by atoms with Gasteiger partial charge in [-0.15, -0.1) is 0 Å². The van der Waals surface area contributed by atoms with Crippen LogP contribution in [0.3, 0.4) is 0 Å². The van der Waals surface area contributed by atoms with Gasteiger partial charge in [-0.2, -0.15) is 4.72 Å². The number of thiocarbonyl (C=S) groups is 1. The van der Waals surface area contributed by atoms with E-state index in [-0.39, 0.29) is 4.99 Å². The fraction of sp³-hybridized carbons (Fsp3) is 0.500. The van der Waals surface area contributed by atoms with E-state index in [0.717, 1.165) is 19.3 Å².